The number of aromatic nitrogens is 1. The summed E-state index contributed by atoms with van der Waals surface area (Å²) in [5, 5.41) is 5.00. The molecule has 2 atom stereocenters. The molecule has 3 rings (SSSR count). The maximum Gasteiger partial charge on any atom is 0.0457 e. The zero-order valence-corrected chi connectivity index (χ0v) is 10.6. The van der Waals surface area contributed by atoms with Crippen LogP contribution in [-0.4, -0.2) is 17.6 Å². The number of benzene rings is 1. The first-order valence-corrected chi connectivity index (χ1v) is 6.57. The van der Waals surface area contributed by atoms with E-state index in [4.69, 9.17) is 0 Å². The zero-order chi connectivity index (χ0) is 11.8. The van der Waals surface area contributed by atoms with Crippen molar-refractivity contribution in [3.63, 3.8) is 0 Å². The first-order valence-electron chi connectivity index (χ1n) is 6.57. The minimum Gasteiger partial charge on any atom is -0.361 e. The Hall–Kier alpha value is -1.28. The summed E-state index contributed by atoms with van der Waals surface area (Å²) >= 11 is 0. The summed E-state index contributed by atoms with van der Waals surface area (Å²) in [5.41, 5.74) is 4.06. The second kappa shape index (κ2) is 4.19. The van der Waals surface area contributed by atoms with E-state index in [2.05, 4.69) is 48.5 Å². The van der Waals surface area contributed by atoms with Gasteiger partial charge in [0.2, 0.25) is 0 Å². The number of aromatic amines is 1. The quantitative estimate of drug-likeness (QED) is 0.810. The fourth-order valence-corrected chi connectivity index (χ4v) is 2.99. The Morgan fingerprint density at radius 2 is 2.24 bits per heavy atom. The van der Waals surface area contributed by atoms with Gasteiger partial charge in [-0.1, -0.05) is 18.6 Å². The Morgan fingerprint density at radius 1 is 1.35 bits per heavy atom. The Labute approximate surface area is 102 Å². The fourth-order valence-electron chi connectivity index (χ4n) is 2.99. The maximum absolute atomic E-state index is 3.61. The van der Waals surface area contributed by atoms with Crippen LogP contribution in [0.25, 0.3) is 10.9 Å². The molecular weight excluding hydrogens is 208 g/mol. The van der Waals surface area contributed by atoms with Crippen LogP contribution in [0.2, 0.25) is 0 Å². The normalized spacial score (nSPS) is 22.1. The summed E-state index contributed by atoms with van der Waals surface area (Å²) in [5.74, 6) is 0.591. The molecule has 1 aromatic carbocycles. The van der Waals surface area contributed by atoms with Crippen LogP contribution < -0.4 is 5.32 Å². The number of H-pyrrole nitrogens is 1. The Morgan fingerprint density at radius 3 is 3.00 bits per heavy atom. The largest absolute Gasteiger partial charge is 0.361 e. The van der Waals surface area contributed by atoms with Gasteiger partial charge in [0.05, 0.1) is 0 Å². The topological polar surface area (TPSA) is 27.8 Å². The molecule has 2 unspecified atom stereocenters. The van der Waals surface area contributed by atoms with E-state index in [-0.39, 0.29) is 0 Å². The van der Waals surface area contributed by atoms with Gasteiger partial charge in [0, 0.05) is 23.1 Å². The molecule has 1 aliphatic heterocycles. The summed E-state index contributed by atoms with van der Waals surface area (Å²) in [7, 11) is 0. The minimum atomic E-state index is 0.591. The highest BCUT2D eigenvalue weighted by Crippen LogP contribution is 2.31. The van der Waals surface area contributed by atoms with E-state index >= 15 is 0 Å². The second-order valence-corrected chi connectivity index (χ2v) is 5.28. The molecule has 17 heavy (non-hydrogen) atoms. The second-order valence-electron chi connectivity index (χ2n) is 5.28. The number of rotatable bonds is 2. The van der Waals surface area contributed by atoms with E-state index in [0.29, 0.717) is 12.0 Å². The van der Waals surface area contributed by atoms with E-state index in [1.165, 1.54) is 41.4 Å². The van der Waals surface area contributed by atoms with Crippen LogP contribution in [-0.2, 0) is 0 Å². The number of hydrogen-bond acceptors (Lipinski definition) is 1. The molecule has 0 saturated carbocycles. The molecule has 1 aromatic heterocycles. The molecule has 0 aliphatic carbocycles. The van der Waals surface area contributed by atoms with Gasteiger partial charge in [-0.05, 0) is 49.9 Å². The van der Waals surface area contributed by atoms with Crippen LogP contribution in [0, 0.1) is 6.92 Å². The van der Waals surface area contributed by atoms with Crippen LogP contribution in [0.5, 0.6) is 0 Å². The smallest absolute Gasteiger partial charge is 0.0457 e. The third-order valence-corrected chi connectivity index (χ3v) is 4.06. The lowest BCUT2D eigenvalue weighted by molar-refractivity contribution is 0.520. The van der Waals surface area contributed by atoms with Crippen molar-refractivity contribution >= 4 is 10.9 Å². The van der Waals surface area contributed by atoms with Gasteiger partial charge in [-0.15, -0.1) is 0 Å². The van der Waals surface area contributed by atoms with Crippen molar-refractivity contribution in [2.24, 2.45) is 0 Å². The fraction of sp³-hybridized carbons (Fsp3) is 0.467. The molecule has 1 aliphatic rings. The molecule has 2 N–H and O–H groups in total. The van der Waals surface area contributed by atoms with Crippen LogP contribution in [0.1, 0.15) is 36.8 Å². The van der Waals surface area contributed by atoms with Gasteiger partial charge >= 0.3 is 0 Å². The highest BCUT2D eigenvalue weighted by atomic mass is 14.9. The average Bonchev–Trinajstić information content (AvgIpc) is 2.97. The predicted octanol–water partition coefficient (Wildman–Crippen LogP) is 3.33. The molecule has 1 fully saturated rings. The molecule has 0 radical (unpaired) electrons. The van der Waals surface area contributed by atoms with E-state index in [1.54, 1.807) is 0 Å². The number of nitrogens with one attached hydrogen (secondary N) is 2. The first-order chi connectivity index (χ1) is 8.25. The summed E-state index contributed by atoms with van der Waals surface area (Å²) in [6, 6.07) is 7.30. The minimum absolute atomic E-state index is 0.591. The third-order valence-electron chi connectivity index (χ3n) is 4.06. The van der Waals surface area contributed by atoms with E-state index < -0.39 is 0 Å². The number of fused-ring (bicyclic) bond motifs is 1. The molecule has 90 valence electrons. The SMILES string of the molecule is Cc1ccc2[nH]cc(C(C)C3CCCN3)c2c1. The van der Waals surface area contributed by atoms with Gasteiger partial charge in [0.15, 0.2) is 0 Å². The molecule has 0 amide bonds. The van der Waals surface area contributed by atoms with Crippen LogP contribution in [0.4, 0.5) is 0 Å². The van der Waals surface area contributed by atoms with Crippen molar-refractivity contribution < 1.29 is 0 Å². The standard InChI is InChI=1S/C15H20N2/c1-10-5-6-15-12(8-10)13(9-17-15)11(2)14-4-3-7-16-14/h5-6,8-9,11,14,16-17H,3-4,7H2,1-2H3. The summed E-state index contributed by atoms with van der Waals surface area (Å²) in [6.45, 7) is 5.68. The van der Waals surface area contributed by atoms with Crippen LogP contribution in [0.3, 0.4) is 0 Å². The van der Waals surface area contributed by atoms with Crippen LogP contribution in [0.15, 0.2) is 24.4 Å². The average molecular weight is 228 g/mol. The molecule has 2 heterocycles. The van der Waals surface area contributed by atoms with Gasteiger partial charge < -0.3 is 10.3 Å². The summed E-state index contributed by atoms with van der Waals surface area (Å²) in [4.78, 5) is 3.39. The van der Waals surface area contributed by atoms with Crippen molar-refractivity contribution in [2.45, 2.75) is 38.6 Å². The lowest BCUT2D eigenvalue weighted by Gasteiger charge is -2.19. The molecule has 0 bridgehead atoms. The molecule has 1 saturated heterocycles. The van der Waals surface area contributed by atoms with Crippen molar-refractivity contribution in [3.8, 4) is 0 Å². The maximum atomic E-state index is 3.61. The van der Waals surface area contributed by atoms with E-state index in [0.717, 1.165) is 0 Å². The Bertz CT molecular complexity index is 521. The van der Waals surface area contributed by atoms with Crippen molar-refractivity contribution in [2.75, 3.05) is 6.54 Å². The van der Waals surface area contributed by atoms with Gasteiger partial charge in [0.1, 0.15) is 0 Å². The highest BCUT2D eigenvalue weighted by Gasteiger charge is 2.23. The number of hydrogen-bond donors (Lipinski definition) is 2. The highest BCUT2D eigenvalue weighted by molar-refractivity contribution is 5.84. The zero-order valence-electron chi connectivity index (χ0n) is 10.6. The first kappa shape index (κ1) is 10.8. The lowest BCUT2D eigenvalue weighted by Crippen LogP contribution is -2.27. The van der Waals surface area contributed by atoms with Crippen LogP contribution >= 0.6 is 0 Å². The number of aryl methyl sites for hydroxylation is 1. The molecule has 2 heteroatoms. The lowest BCUT2D eigenvalue weighted by atomic mass is 9.92. The molecule has 2 aromatic rings. The van der Waals surface area contributed by atoms with Gasteiger partial charge in [0.25, 0.3) is 0 Å². The van der Waals surface area contributed by atoms with Gasteiger partial charge in [-0.3, -0.25) is 0 Å². The van der Waals surface area contributed by atoms with Crippen molar-refractivity contribution in [3.05, 3.63) is 35.5 Å². The predicted molar refractivity (Wildman–Crippen MR) is 72.5 cm³/mol. The summed E-state index contributed by atoms with van der Waals surface area (Å²) in [6.07, 6.45) is 4.81. The molecule has 0 spiro atoms. The van der Waals surface area contributed by atoms with E-state index in [9.17, 15) is 0 Å². The third kappa shape index (κ3) is 1.87. The van der Waals surface area contributed by atoms with Crippen molar-refractivity contribution in [1.82, 2.24) is 10.3 Å². The van der Waals surface area contributed by atoms with E-state index in [1.807, 2.05) is 0 Å². The Kier molecular flexibility index (Phi) is 2.67. The molecule has 2 nitrogen and oxygen atoms in total. The van der Waals surface area contributed by atoms with Gasteiger partial charge in [-0.2, -0.15) is 0 Å². The summed E-state index contributed by atoms with van der Waals surface area (Å²) < 4.78 is 0. The molecular formula is C15H20N2. The monoisotopic (exact) mass is 228 g/mol. The van der Waals surface area contributed by atoms with Gasteiger partial charge in [-0.25, -0.2) is 0 Å². The van der Waals surface area contributed by atoms with Crippen molar-refractivity contribution in [1.29, 1.82) is 0 Å². The Balaban J connectivity index is 2.01.